The monoisotopic (exact) mass is 237 g/mol. The fourth-order valence-electron chi connectivity index (χ4n) is 1.65. The summed E-state index contributed by atoms with van der Waals surface area (Å²) in [6.07, 6.45) is 2.56. The molecule has 1 N–H and O–H groups in total. The van der Waals surface area contributed by atoms with Crippen LogP contribution in [-0.4, -0.2) is 21.8 Å². The number of hydrogen-bond donors (Lipinski definition) is 1. The van der Waals surface area contributed by atoms with Gasteiger partial charge in [-0.25, -0.2) is 9.78 Å². The van der Waals surface area contributed by atoms with Crippen LogP contribution in [0.25, 0.3) is 0 Å². The first-order valence-electron chi connectivity index (χ1n) is 5.42. The zero-order valence-corrected chi connectivity index (χ0v) is 10.3. The van der Waals surface area contributed by atoms with E-state index in [1.807, 2.05) is 19.9 Å². The molecule has 0 spiro atoms. The molecule has 1 aliphatic rings. The van der Waals surface area contributed by atoms with Gasteiger partial charge in [-0.2, -0.15) is 0 Å². The Balaban J connectivity index is 2.27. The van der Waals surface area contributed by atoms with Gasteiger partial charge in [-0.05, 0) is 44.2 Å². The first-order chi connectivity index (χ1) is 7.58. The Morgan fingerprint density at radius 1 is 1.56 bits per heavy atom. The van der Waals surface area contributed by atoms with E-state index in [1.54, 1.807) is 11.8 Å². The summed E-state index contributed by atoms with van der Waals surface area (Å²) in [5.41, 5.74) is 2.07. The second kappa shape index (κ2) is 4.45. The maximum Gasteiger partial charge on any atom is 0.338 e. The Labute approximate surface area is 99.3 Å². The van der Waals surface area contributed by atoms with Crippen molar-refractivity contribution in [2.24, 2.45) is 5.92 Å². The maximum atomic E-state index is 11.2. The summed E-state index contributed by atoms with van der Waals surface area (Å²) in [7, 11) is 0. The summed E-state index contributed by atoms with van der Waals surface area (Å²) in [6.45, 7) is 3.74. The Morgan fingerprint density at radius 2 is 2.25 bits per heavy atom. The van der Waals surface area contributed by atoms with Gasteiger partial charge in [-0.15, -0.1) is 11.8 Å². The van der Waals surface area contributed by atoms with E-state index in [1.165, 1.54) is 12.8 Å². The van der Waals surface area contributed by atoms with Crippen molar-refractivity contribution in [3.05, 3.63) is 22.9 Å². The first-order valence-corrected chi connectivity index (χ1v) is 6.41. The van der Waals surface area contributed by atoms with Crippen LogP contribution in [0, 0.1) is 19.8 Å². The minimum Gasteiger partial charge on any atom is -0.478 e. The Kier molecular flexibility index (Phi) is 3.19. The molecule has 0 amide bonds. The molecule has 16 heavy (non-hydrogen) atoms. The van der Waals surface area contributed by atoms with Crippen molar-refractivity contribution in [3.63, 3.8) is 0 Å². The van der Waals surface area contributed by atoms with E-state index in [-0.39, 0.29) is 0 Å². The van der Waals surface area contributed by atoms with Crippen molar-refractivity contribution in [1.82, 2.24) is 4.98 Å². The van der Waals surface area contributed by atoms with Crippen molar-refractivity contribution in [2.45, 2.75) is 31.7 Å². The standard InChI is InChI=1S/C12H15NO2S/c1-7-5-8(2)13-11(10(7)12(14)15)16-6-9-3-4-9/h5,9H,3-4,6H2,1-2H3,(H,14,15). The third-order valence-electron chi connectivity index (χ3n) is 2.68. The normalized spacial score (nSPS) is 15.1. The van der Waals surface area contributed by atoms with Crippen molar-refractivity contribution in [1.29, 1.82) is 0 Å². The van der Waals surface area contributed by atoms with Gasteiger partial charge >= 0.3 is 5.97 Å². The lowest BCUT2D eigenvalue weighted by Crippen LogP contribution is -2.05. The SMILES string of the molecule is Cc1cc(C)c(C(=O)O)c(SCC2CC2)n1. The molecular weight excluding hydrogens is 222 g/mol. The van der Waals surface area contributed by atoms with Crippen molar-refractivity contribution in [3.8, 4) is 0 Å². The minimum atomic E-state index is -0.872. The van der Waals surface area contributed by atoms with Crippen LogP contribution in [0.3, 0.4) is 0 Å². The first kappa shape index (κ1) is 11.5. The highest BCUT2D eigenvalue weighted by atomic mass is 32.2. The molecule has 2 rings (SSSR count). The average molecular weight is 237 g/mol. The zero-order chi connectivity index (χ0) is 11.7. The third-order valence-corrected chi connectivity index (χ3v) is 3.88. The molecule has 1 aromatic rings. The Hall–Kier alpha value is -1.03. The van der Waals surface area contributed by atoms with Gasteiger partial charge in [0.15, 0.2) is 0 Å². The van der Waals surface area contributed by atoms with Gasteiger partial charge in [-0.1, -0.05) is 0 Å². The summed E-state index contributed by atoms with van der Waals surface area (Å²) in [4.78, 5) is 15.5. The molecule has 0 aromatic carbocycles. The van der Waals surface area contributed by atoms with Crippen LogP contribution in [0.5, 0.6) is 0 Å². The van der Waals surface area contributed by atoms with E-state index in [0.717, 1.165) is 22.9 Å². The highest BCUT2D eigenvalue weighted by Gasteiger charge is 2.23. The summed E-state index contributed by atoms with van der Waals surface area (Å²) >= 11 is 1.58. The molecule has 0 aliphatic heterocycles. The Morgan fingerprint density at radius 3 is 2.81 bits per heavy atom. The van der Waals surface area contributed by atoms with Crippen LogP contribution in [-0.2, 0) is 0 Å². The number of carbonyl (C=O) groups is 1. The van der Waals surface area contributed by atoms with E-state index in [4.69, 9.17) is 5.11 Å². The van der Waals surface area contributed by atoms with E-state index >= 15 is 0 Å². The molecule has 1 saturated carbocycles. The van der Waals surface area contributed by atoms with Gasteiger partial charge in [0.1, 0.15) is 5.03 Å². The molecule has 3 nitrogen and oxygen atoms in total. The summed E-state index contributed by atoms with van der Waals surface area (Å²) < 4.78 is 0. The lowest BCUT2D eigenvalue weighted by Gasteiger charge is -2.08. The molecule has 1 aliphatic carbocycles. The molecule has 0 unspecified atom stereocenters. The molecule has 0 radical (unpaired) electrons. The van der Waals surface area contributed by atoms with Crippen LogP contribution in [0.1, 0.15) is 34.5 Å². The van der Waals surface area contributed by atoms with E-state index in [9.17, 15) is 4.79 Å². The van der Waals surface area contributed by atoms with Gasteiger partial charge in [0.05, 0.1) is 5.56 Å². The van der Waals surface area contributed by atoms with Gasteiger partial charge < -0.3 is 5.11 Å². The molecular formula is C12H15NO2S. The van der Waals surface area contributed by atoms with E-state index < -0.39 is 5.97 Å². The molecule has 4 heteroatoms. The van der Waals surface area contributed by atoms with E-state index in [2.05, 4.69) is 4.98 Å². The third kappa shape index (κ3) is 2.55. The molecule has 1 aromatic heterocycles. The highest BCUT2D eigenvalue weighted by molar-refractivity contribution is 7.99. The van der Waals surface area contributed by atoms with Gasteiger partial charge in [0.2, 0.25) is 0 Å². The fourth-order valence-corrected chi connectivity index (χ4v) is 2.98. The number of carboxylic acid groups (broad SMARTS) is 1. The minimum absolute atomic E-state index is 0.372. The highest BCUT2D eigenvalue weighted by Crippen LogP contribution is 2.36. The van der Waals surface area contributed by atoms with Crippen molar-refractivity contribution >= 4 is 17.7 Å². The van der Waals surface area contributed by atoms with Crippen LogP contribution in [0.15, 0.2) is 11.1 Å². The number of nitrogens with zero attached hydrogens (tertiary/aromatic N) is 1. The zero-order valence-electron chi connectivity index (χ0n) is 9.49. The van der Waals surface area contributed by atoms with Crippen LogP contribution in [0.2, 0.25) is 0 Å². The lowest BCUT2D eigenvalue weighted by molar-refractivity contribution is 0.0691. The average Bonchev–Trinajstić information content (AvgIpc) is 2.95. The fraction of sp³-hybridized carbons (Fsp3) is 0.500. The maximum absolute atomic E-state index is 11.2. The van der Waals surface area contributed by atoms with Gasteiger partial charge in [0.25, 0.3) is 0 Å². The number of carboxylic acids is 1. The predicted molar refractivity (Wildman–Crippen MR) is 64.1 cm³/mol. The van der Waals surface area contributed by atoms with Crippen molar-refractivity contribution in [2.75, 3.05) is 5.75 Å². The van der Waals surface area contributed by atoms with Crippen LogP contribution >= 0.6 is 11.8 Å². The molecule has 0 saturated heterocycles. The molecule has 86 valence electrons. The topological polar surface area (TPSA) is 50.2 Å². The number of aryl methyl sites for hydroxylation is 2. The summed E-state index contributed by atoms with van der Waals surface area (Å²) in [5, 5.41) is 9.84. The quantitative estimate of drug-likeness (QED) is 0.818. The smallest absolute Gasteiger partial charge is 0.338 e. The number of thioether (sulfide) groups is 1. The summed E-state index contributed by atoms with van der Waals surface area (Å²) in [5.74, 6) is 0.897. The molecule has 1 heterocycles. The largest absolute Gasteiger partial charge is 0.478 e. The second-order valence-electron chi connectivity index (χ2n) is 4.32. The molecule has 1 fully saturated rings. The number of aromatic carboxylic acids is 1. The second-order valence-corrected chi connectivity index (χ2v) is 5.33. The number of aromatic nitrogens is 1. The number of rotatable bonds is 4. The Bertz CT molecular complexity index is 427. The predicted octanol–water partition coefficient (Wildman–Crippen LogP) is 2.90. The van der Waals surface area contributed by atoms with Gasteiger partial charge in [0, 0.05) is 11.4 Å². The lowest BCUT2D eigenvalue weighted by atomic mass is 10.1. The van der Waals surface area contributed by atoms with E-state index in [0.29, 0.717) is 10.6 Å². The molecule has 0 bridgehead atoms. The molecule has 0 atom stereocenters. The van der Waals surface area contributed by atoms with Crippen LogP contribution in [0.4, 0.5) is 0 Å². The van der Waals surface area contributed by atoms with Crippen molar-refractivity contribution < 1.29 is 9.90 Å². The number of pyridine rings is 1. The summed E-state index contributed by atoms with van der Waals surface area (Å²) in [6, 6.07) is 1.82. The number of hydrogen-bond acceptors (Lipinski definition) is 3. The van der Waals surface area contributed by atoms with Gasteiger partial charge in [-0.3, -0.25) is 0 Å². The van der Waals surface area contributed by atoms with Crippen LogP contribution < -0.4 is 0 Å².